The van der Waals surface area contributed by atoms with Gasteiger partial charge in [0.25, 0.3) is 0 Å². The molecule has 0 saturated heterocycles. The maximum atomic E-state index is 11.9. The van der Waals surface area contributed by atoms with Crippen LogP contribution in [0.25, 0.3) is 6.08 Å². The molecule has 2 N–H and O–H groups in total. The Balaban J connectivity index is 1.56. The summed E-state index contributed by atoms with van der Waals surface area (Å²) in [4.78, 5) is 11.9. The summed E-state index contributed by atoms with van der Waals surface area (Å²) >= 11 is 0. The summed E-state index contributed by atoms with van der Waals surface area (Å²) in [6.45, 7) is 0. The fraction of sp³-hybridized carbons (Fsp3) is 0.118. The van der Waals surface area contributed by atoms with Crippen LogP contribution in [0.4, 0.5) is 0 Å². The highest BCUT2D eigenvalue weighted by Crippen LogP contribution is 2.26. The number of hydrazine groups is 1. The zero-order chi connectivity index (χ0) is 13.8. The topological polar surface area (TPSA) is 41.1 Å². The molecule has 0 spiro atoms. The lowest BCUT2D eigenvalue weighted by Crippen LogP contribution is -2.39. The van der Waals surface area contributed by atoms with Gasteiger partial charge in [-0.05, 0) is 16.7 Å². The maximum Gasteiger partial charge on any atom is 0.238 e. The van der Waals surface area contributed by atoms with Gasteiger partial charge in [-0.2, -0.15) is 0 Å². The number of hydrogen-bond acceptors (Lipinski definition) is 2. The lowest BCUT2D eigenvalue weighted by Gasteiger charge is -2.14. The summed E-state index contributed by atoms with van der Waals surface area (Å²) in [5.74, 6) is -0.0334. The quantitative estimate of drug-likeness (QED) is 0.833. The molecule has 0 heterocycles. The van der Waals surface area contributed by atoms with Crippen molar-refractivity contribution in [2.75, 3.05) is 0 Å². The van der Waals surface area contributed by atoms with E-state index in [0.29, 0.717) is 6.42 Å². The van der Waals surface area contributed by atoms with Gasteiger partial charge in [0.1, 0.15) is 0 Å². The molecule has 2 aromatic carbocycles. The van der Waals surface area contributed by atoms with Gasteiger partial charge in [-0.15, -0.1) is 0 Å². The molecule has 0 unspecified atom stereocenters. The standard InChI is InChI=1S/C17H16N2O/c20-17(12-13-6-2-1-3-7-13)19-18-16-11-10-14-8-4-5-9-15(14)16/h1-11,16,18H,12H2,(H,19,20)/t16-/m0/s1. The van der Waals surface area contributed by atoms with E-state index >= 15 is 0 Å². The maximum absolute atomic E-state index is 11.9. The van der Waals surface area contributed by atoms with E-state index in [2.05, 4.69) is 29.1 Å². The van der Waals surface area contributed by atoms with Gasteiger partial charge < -0.3 is 0 Å². The summed E-state index contributed by atoms with van der Waals surface area (Å²) in [6.07, 6.45) is 4.50. The van der Waals surface area contributed by atoms with Crippen LogP contribution < -0.4 is 10.9 Å². The molecule has 0 bridgehead atoms. The molecule has 3 heteroatoms. The number of rotatable bonds is 4. The van der Waals surface area contributed by atoms with Crippen LogP contribution in [0.1, 0.15) is 22.7 Å². The van der Waals surface area contributed by atoms with Crippen molar-refractivity contribution >= 4 is 12.0 Å². The smallest absolute Gasteiger partial charge is 0.238 e. The number of carbonyl (C=O) groups excluding carboxylic acids is 1. The Hall–Kier alpha value is -2.39. The number of nitrogens with one attached hydrogen (secondary N) is 2. The molecule has 3 rings (SSSR count). The largest absolute Gasteiger partial charge is 0.290 e. The fourth-order valence-electron chi connectivity index (χ4n) is 2.36. The van der Waals surface area contributed by atoms with Crippen LogP contribution in [-0.2, 0) is 11.2 Å². The van der Waals surface area contributed by atoms with Crippen LogP contribution in [0.5, 0.6) is 0 Å². The summed E-state index contributed by atoms with van der Waals surface area (Å²) in [6, 6.07) is 17.9. The molecule has 3 nitrogen and oxygen atoms in total. The predicted octanol–water partition coefficient (Wildman–Crippen LogP) is 2.62. The minimum absolute atomic E-state index is 0.0334. The molecule has 1 aliphatic rings. The molecule has 0 aromatic heterocycles. The van der Waals surface area contributed by atoms with E-state index in [1.165, 1.54) is 11.1 Å². The van der Waals surface area contributed by atoms with Gasteiger partial charge >= 0.3 is 0 Å². The lowest BCUT2D eigenvalue weighted by atomic mass is 10.1. The molecule has 20 heavy (non-hydrogen) atoms. The van der Waals surface area contributed by atoms with Gasteiger partial charge in [0.15, 0.2) is 0 Å². The van der Waals surface area contributed by atoms with Crippen molar-refractivity contribution in [3.63, 3.8) is 0 Å². The average molecular weight is 264 g/mol. The first-order chi connectivity index (χ1) is 9.83. The highest BCUT2D eigenvalue weighted by molar-refractivity contribution is 5.78. The van der Waals surface area contributed by atoms with Crippen LogP contribution >= 0.6 is 0 Å². The second-order valence-electron chi connectivity index (χ2n) is 4.82. The zero-order valence-corrected chi connectivity index (χ0v) is 11.0. The van der Waals surface area contributed by atoms with E-state index in [4.69, 9.17) is 0 Å². The Bertz CT molecular complexity index is 634. The van der Waals surface area contributed by atoms with E-state index in [1.54, 1.807) is 0 Å². The van der Waals surface area contributed by atoms with E-state index < -0.39 is 0 Å². The first kappa shape index (κ1) is 12.6. The Morgan fingerprint density at radius 1 is 1.00 bits per heavy atom. The van der Waals surface area contributed by atoms with Crippen molar-refractivity contribution in [1.29, 1.82) is 0 Å². The van der Waals surface area contributed by atoms with Crippen LogP contribution in [0.3, 0.4) is 0 Å². The van der Waals surface area contributed by atoms with Crippen LogP contribution in [0.15, 0.2) is 60.7 Å². The summed E-state index contributed by atoms with van der Waals surface area (Å²) in [7, 11) is 0. The van der Waals surface area contributed by atoms with Crippen molar-refractivity contribution < 1.29 is 4.79 Å². The second-order valence-corrected chi connectivity index (χ2v) is 4.82. The molecule has 0 saturated carbocycles. The monoisotopic (exact) mass is 264 g/mol. The SMILES string of the molecule is O=C(Cc1ccccc1)NN[C@H]1C=Cc2ccccc21. The van der Waals surface area contributed by atoms with Gasteiger partial charge in [-0.3, -0.25) is 10.2 Å². The van der Waals surface area contributed by atoms with Crippen molar-refractivity contribution in [3.8, 4) is 0 Å². The van der Waals surface area contributed by atoms with Gasteiger partial charge in [0.05, 0.1) is 12.5 Å². The minimum Gasteiger partial charge on any atom is -0.290 e. The lowest BCUT2D eigenvalue weighted by molar-refractivity contribution is -0.121. The molecule has 2 aromatic rings. The van der Waals surface area contributed by atoms with Crippen molar-refractivity contribution in [3.05, 3.63) is 77.4 Å². The molecule has 0 aliphatic heterocycles. The molecule has 0 radical (unpaired) electrons. The molecule has 1 aliphatic carbocycles. The summed E-state index contributed by atoms with van der Waals surface area (Å²) < 4.78 is 0. The molecular formula is C17H16N2O. The number of amides is 1. The molecule has 100 valence electrons. The van der Waals surface area contributed by atoms with E-state index in [0.717, 1.165) is 5.56 Å². The third-order valence-electron chi connectivity index (χ3n) is 3.37. The Labute approximate surface area is 118 Å². The second kappa shape index (κ2) is 5.72. The fourth-order valence-corrected chi connectivity index (χ4v) is 2.36. The highest BCUT2D eigenvalue weighted by atomic mass is 16.2. The number of fused-ring (bicyclic) bond motifs is 1. The van der Waals surface area contributed by atoms with Crippen molar-refractivity contribution in [1.82, 2.24) is 10.9 Å². The Morgan fingerprint density at radius 2 is 1.75 bits per heavy atom. The molecule has 1 atom stereocenters. The predicted molar refractivity (Wildman–Crippen MR) is 79.6 cm³/mol. The molecule has 0 fully saturated rings. The normalized spacial score (nSPS) is 15.9. The van der Waals surface area contributed by atoms with Gasteiger partial charge in [0, 0.05) is 0 Å². The van der Waals surface area contributed by atoms with Gasteiger partial charge in [-0.25, -0.2) is 5.43 Å². The first-order valence-electron chi connectivity index (χ1n) is 6.68. The van der Waals surface area contributed by atoms with E-state index in [-0.39, 0.29) is 11.9 Å². The summed E-state index contributed by atoms with van der Waals surface area (Å²) in [5, 5.41) is 0. The molecular weight excluding hydrogens is 248 g/mol. The summed E-state index contributed by atoms with van der Waals surface area (Å²) in [5.41, 5.74) is 9.24. The van der Waals surface area contributed by atoms with E-state index in [9.17, 15) is 4.79 Å². The van der Waals surface area contributed by atoms with Crippen molar-refractivity contribution in [2.24, 2.45) is 0 Å². The molecule has 1 amide bonds. The number of hydrogen-bond donors (Lipinski definition) is 2. The average Bonchev–Trinajstić information content (AvgIpc) is 2.89. The third-order valence-corrected chi connectivity index (χ3v) is 3.37. The highest BCUT2D eigenvalue weighted by Gasteiger charge is 2.16. The Kier molecular flexibility index (Phi) is 3.61. The number of carbonyl (C=O) groups is 1. The van der Waals surface area contributed by atoms with Crippen LogP contribution in [-0.4, -0.2) is 5.91 Å². The number of benzene rings is 2. The van der Waals surface area contributed by atoms with E-state index in [1.807, 2.05) is 48.5 Å². The zero-order valence-electron chi connectivity index (χ0n) is 11.0. The minimum atomic E-state index is -0.0334. The van der Waals surface area contributed by atoms with Crippen LogP contribution in [0, 0.1) is 0 Å². The Morgan fingerprint density at radius 3 is 2.60 bits per heavy atom. The first-order valence-corrected chi connectivity index (χ1v) is 6.68. The van der Waals surface area contributed by atoms with Crippen LogP contribution in [0.2, 0.25) is 0 Å². The third kappa shape index (κ3) is 2.78. The van der Waals surface area contributed by atoms with Gasteiger partial charge in [0.2, 0.25) is 5.91 Å². The van der Waals surface area contributed by atoms with Gasteiger partial charge in [-0.1, -0.05) is 66.7 Å². The van der Waals surface area contributed by atoms with Crippen molar-refractivity contribution in [2.45, 2.75) is 12.5 Å².